The summed E-state index contributed by atoms with van der Waals surface area (Å²) in [6.45, 7) is 2.02. The Hall–Kier alpha value is -1.35. The number of benzene rings is 1. The molecule has 0 spiro atoms. The minimum Gasteiger partial charge on any atom is -0.480 e. The van der Waals surface area contributed by atoms with Crippen molar-refractivity contribution in [2.75, 3.05) is 0 Å². The van der Waals surface area contributed by atoms with E-state index in [9.17, 15) is 9.90 Å². The summed E-state index contributed by atoms with van der Waals surface area (Å²) in [6.07, 6.45) is 2.24. The molecule has 3 N–H and O–H groups in total. The fourth-order valence-electron chi connectivity index (χ4n) is 1.57. The lowest BCUT2D eigenvalue weighted by molar-refractivity contribution is -0.144. The largest absolute Gasteiger partial charge is 0.480 e. The number of carboxylic acids is 1. The summed E-state index contributed by atoms with van der Waals surface area (Å²) >= 11 is 0. The number of rotatable bonds is 5. The van der Waals surface area contributed by atoms with E-state index in [0.29, 0.717) is 12.0 Å². The molecule has 0 saturated heterocycles. The summed E-state index contributed by atoms with van der Waals surface area (Å²) in [7, 11) is 0. The second-order valence-electron chi connectivity index (χ2n) is 3.75. The van der Waals surface area contributed by atoms with Crippen molar-refractivity contribution in [2.45, 2.75) is 31.7 Å². The van der Waals surface area contributed by atoms with Crippen LogP contribution in [0.2, 0.25) is 0 Å². The fraction of sp³-hybridized carbons (Fsp3) is 0.417. The van der Waals surface area contributed by atoms with Crippen molar-refractivity contribution >= 4 is 5.97 Å². The van der Waals surface area contributed by atoms with Gasteiger partial charge in [-0.25, -0.2) is 4.79 Å². The number of carbonyl (C=O) groups is 1. The smallest absolute Gasteiger partial charge is 0.328 e. The highest BCUT2D eigenvalue weighted by atomic mass is 16.4. The first kappa shape index (κ1) is 11.7. The molecule has 0 radical (unpaired) electrons. The van der Waals surface area contributed by atoms with E-state index in [-0.39, 0.29) is 0 Å². The SMILES string of the molecule is CCCC[C@](N)(C(=O)O)c1ccccc1. The number of hydrogen-bond acceptors (Lipinski definition) is 2. The van der Waals surface area contributed by atoms with Crippen LogP contribution in [0.4, 0.5) is 0 Å². The van der Waals surface area contributed by atoms with Crippen LogP contribution in [-0.2, 0) is 10.3 Å². The van der Waals surface area contributed by atoms with E-state index in [1.54, 1.807) is 12.1 Å². The molecular formula is C12H17NO2. The van der Waals surface area contributed by atoms with Crippen LogP contribution in [-0.4, -0.2) is 11.1 Å². The number of unbranched alkanes of at least 4 members (excludes halogenated alkanes) is 1. The molecule has 3 nitrogen and oxygen atoms in total. The zero-order chi connectivity index (χ0) is 11.3. The third-order valence-corrected chi connectivity index (χ3v) is 2.60. The zero-order valence-corrected chi connectivity index (χ0v) is 8.94. The standard InChI is InChI=1S/C12H17NO2/c1-2-3-9-12(13,11(14)15)10-7-5-4-6-8-10/h4-8H,2-3,9,13H2,1H3,(H,14,15)/t12-/m1/s1. The predicted molar refractivity (Wildman–Crippen MR) is 59.5 cm³/mol. The molecule has 0 saturated carbocycles. The highest BCUT2D eigenvalue weighted by molar-refractivity contribution is 5.80. The average Bonchev–Trinajstić information content (AvgIpc) is 2.27. The summed E-state index contributed by atoms with van der Waals surface area (Å²) < 4.78 is 0. The van der Waals surface area contributed by atoms with Gasteiger partial charge in [0.1, 0.15) is 5.54 Å². The minimum atomic E-state index is -1.24. The van der Waals surface area contributed by atoms with Crippen molar-refractivity contribution in [2.24, 2.45) is 5.73 Å². The maximum absolute atomic E-state index is 11.2. The average molecular weight is 207 g/mol. The lowest BCUT2D eigenvalue weighted by Gasteiger charge is -2.24. The molecular weight excluding hydrogens is 190 g/mol. The Morgan fingerprint density at radius 3 is 2.47 bits per heavy atom. The highest BCUT2D eigenvalue weighted by Crippen LogP contribution is 2.24. The van der Waals surface area contributed by atoms with Crippen LogP contribution in [0.3, 0.4) is 0 Å². The van der Waals surface area contributed by atoms with Gasteiger partial charge >= 0.3 is 5.97 Å². The first-order valence-corrected chi connectivity index (χ1v) is 5.19. The van der Waals surface area contributed by atoms with Gasteiger partial charge in [-0.05, 0) is 12.0 Å². The van der Waals surface area contributed by atoms with Crippen molar-refractivity contribution in [1.29, 1.82) is 0 Å². The minimum absolute atomic E-state index is 0.475. The molecule has 15 heavy (non-hydrogen) atoms. The van der Waals surface area contributed by atoms with Crippen LogP contribution in [0.15, 0.2) is 30.3 Å². The van der Waals surface area contributed by atoms with E-state index < -0.39 is 11.5 Å². The number of hydrogen-bond donors (Lipinski definition) is 2. The van der Waals surface area contributed by atoms with Crippen LogP contribution in [0.1, 0.15) is 31.7 Å². The molecule has 1 atom stereocenters. The Morgan fingerprint density at radius 2 is 2.00 bits per heavy atom. The van der Waals surface area contributed by atoms with E-state index in [4.69, 9.17) is 5.73 Å². The molecule has 1 aromatic rings. The number of carboxylic acid groups (broad SMARTS) is 1. The van der Waals surface area contributed by atoms with E-state index in [1.165, 1.54) is 0 Å². The topological polar surface area (TPSA) is 63.3 Å². The fourth-order valence-corrected chi connectivity index (χ4v) is 1.57. The Morgan fingerprint density at radius 1 is 1.40 bits per heavy atom. The van der Waals surface area contributed by atoms with Gasteiger partial charge in [0.05, 0.1) is 0 Å². The molecule has 3 heteroatoms. The van der Waals surface area contributed by atoms with Gasteiger partial charge in [-0.1, -0.05) is 50.1 Å². The molecule has 0 fully saturated rings. The third-order valence-electron chi connectivity index (χ3n) is 2.60. The summed E-state index contributed by atoms with van der Waals surface area (Å²) in [4.78, 5) is 11.2. The summed E-state index contributed by atoms with van der Waals surface area (Å²) in [5, 5.41) is 9.19. The van der Waals surface area contributed by atoms with Gasteiger partial charge in [0.25, 0.3) is 0 Å². The predicted octanol–water partition coefficient (Wildman–Crippen LogP) is 2.12. The molecule has 0 bridgehead atoms. The Bertz CT molecular complexity index is 324. The molecule has 1 rings (SSSR count). The second kappa shape index (κ2) is 4.94. The van der Waals surface area contributed by atoms with Crippen LogP contribution in [0.5, 0.6) is 0 Å². The van der Waals surface area contributed by atoms with Crippen molar-refractivity contribution in [3.05, 3.63) is 35.9 Å². The maximum atomic E-state index is 11.2. The second-order valence-corrected chi connectivity index (χ2v) is 3.75. The van der Waals surface area contributed by atoms with Crippen LogP contribution < -0.4 is 5.73 Å². The molecule has 0 amide bonds. The third kappa shape index (κ3) is 2.57. The van der Waals surface area contributed by atoms with Gasteiger partial charge < -0.3 is 10.8 Å². The molecule has 0 aliphatic rings. The lowest BCUT2D eigenvalue weighted by atomic mass is 9.86. The molecule has 0 unspecified atom stereocenters. The molecule has 0 aromatic heterocycles. The highest BCUT2D eigenvalue weighted by Gasteiger charge is 2.34. The molecule has 82 valence electrons. The van der Waals surface area contributed by atoms with Gasteiger partial charge in [-0.15, -0.1) is 0 Å². The van der Waals surface area contributed by atoms with Crippen molar-refractivity contribution < 1.29 is 9.90 Å². The van der Waals surface area contributed by atoms with Crippen LogP contribution in [0.25, 0.3) is 0 Å². The van der Waals surface area contributed by atoms with Crippen LogP contribution >= 0.6 is 0 Å². The Kier molecular flexibility index (Phi) is 3.86. The molecule has 0 heterocycles. The summed E-state index contributed by atoms with van der Waals surface area (Å²) in [6, 6.07) is 9.01. The van der Waals surface area contributed by atoms with Gasteiger partial charge in [-0.2, -0.15) is 0 Å². The Labute approximate surface area is 89.9 Å². The molecule has 0 aliphatic carbocycles. The first-order chi connectivity index (χ1) is 7.11. The quantitative estimate of drug-likeness (QED) is 0.777. The van der Waals surface area contributed by atoms with Gasteiger partial charge in [0.2, 0.25) is 0 Å². The van der Waals surface area contributed by atoms with E-state index >= 15 is 0 Å². The first-order valence-electron chi connectivity index (χ1n) is 5.19. The normalized spacial score (nSPS) is 14.5. The molecule has 0 aliphatic heterocycles. The van der Waals surface area contributed by atoms with Crippen molar-refractivity contribution in [1.82, 2.24) is 0 Å². The van der Waals surface area contributed by atoms with Gasteiger partial charge in [0, 0.05) is 0 Å². The molecule has 1 aromatic carbocycles. The van der Waals surface area contributed by atoms with Gasteiger partial charge in [-0.3, -0.25) is 0 Å². The van der Waals surface area contributed by atoms with E-state index in [0.717, 1.165) is 12.8 Å². The monoisotopic (exact) mass is 207 g/mol. The van der Waals surface area contributed by atoms with Gasteiger partial charge in [0.15, 0.2) is 0 Å². The summed E-state index contributed by atoms with van der Waals surface area (Å²) in [5.41, 5.74) is 5.38. The van der Waals surface area contributed by atoms with Crippen molar-refractivity contribution in [3.8, 4) is 0 Å². The maximum Gasteiger partial charge on any atom is 0.328 e. The van der Waals surface area contributed by atoms with E-state index in [1.807, 2.05) is 25.1 Å². The van der Waals surface area contributed by atoms with E-state index in [2.05, 4.69) is 0 Å². The number of aliphatic carboxylic acids is 1. The Balaban J connectivity index is 2.96. The number of nitrogens with two attached hydrogens (primary N) is 1. The lowest BCUT2D eigenvalue weighted by Crippen LogP contribution is -2.44. The van der Waals surface area contributed by atoms with Crippen molar-refractivity contribution in [3.63, 3.8) is 0 Å². The zero-order valence-electron chi connectivity index (χ0n) is 8.94. The van der Waals surface area contributed by atoms with Crippen LogP contribution in [0, 0.1) is 0 Å². The summed E-state index contributed by atoms with van der Waals surface area (Å²) in [5.74, 6) is -0.956.